The second-order valence-corrected chi connectivity index (χ2v) is 9.63. The van der Waals surface area contributed by atoms with Crippen molar-refractivity contribution in [3.63, 3.8) is 0 Å². The number of nitrogens with one attached hydrogen (secondary N) is 2. The van der Waals surface area contributed by atoms with Gasteiger partial charge in [0.15, 0.2) is 5.82 Å². The van der Waals surface area contributed by atoms with Gasteiger partial charge in [0.2, 0.25) is 0 Å². The molecule has 3 aromatic rings. The quantitative estimate of drug-likeness (QED) is 0.159. The first-order valence-corrected chi connectivity index (χ1v) is 14.2. The Hall–Kier alpha value is -4.09. The van der Waals surface area contributed by atoms with E-state index >= 15 is 0 Å². The average molecular weight is 567 g/mol. The summed E-state index contributed by atoms with van der Waals surface area (Å²) >= 11 is 0. The fourth-order valence-electron chi connectivity index (χ4n) is 4.66. The molecule has 11 heteroatoms. The lowest BCUT2D eigenvalue weighted by Gasteiger charge is -2.18. The molecule has 222 valence electrons. The molecule has 0 amide bonds. The Bertz CT molecular complexity index is 1370. The smallest absolute Gasteiger partial charge is 0.306 e. The maximum Gasteiger partial charge on any atom is 0.306 e. The Morgan fingerprint density at radius 1 is 1.12 bits per heavy atom. The molecule has 2 heterocycles. The summed E-state index contributed by atoms with van der Waals surface area (Å²) < 4.78 is 12.0. The van der Waals surface area contributed by atoms with Crippen LogP contribution in [0.5, 0.6) is 11.5 Å². The number of rotatable bonds is 12. The summed E-state index contributed by atoms with van der Waals surface area (Å²) in [5.41, 5.74) is 10.6. The van der Waals surface area contributed by atoms with Crippen molar-refractivity contribution in [1.29, 1.82) is 0 Å². The fourth-order valence-corrected chi connectivity index (χ4v) is 4.66. The highest BCUT2D eigenvalue weighted by atomic mass is 16.5. The predicted molar refractivity (Wildman–Crippen MR) is 162 cm³/mol. The van der Waals surface area contributed by atoms with Gasteiger partial charge in [-0.3, -0.25) is 14.5 Å². The Kier molecular flexibility index (Phi) is 11.5. The van der Waals surface area contributed by atoms with Crippen LogP contribution in [0.3, 0.4) is 0 Å². The lowest BCUT2D eigenvalue weighted by molar-refractivity contribution is -0.141. The first kappa shape index (κ1) is 31.4. The van der Waals surface area contributed by atoms with Gasteiger partial charge in [0, 0.05) is 6.54 Å². The summed E-state index contributed by atoms with van der Waals surface area (Å²) in [5, 5.41) is 9.53. The Balaban J connectivity index is 0.00000226. The van der Waals surface area contributed by atoms with E-state index in [2.05, 4.69) is 20.3 Å². The van der Waals surface area contributed by atoms with Crippen LogP contribution < -0.4 is 32.0 Å². The molecule has 4 rings (SSSR count). The van der Waals surface area contributed by atoms with Crippen LogP contribution in [0, 0.1) is 5.92 Å². The maximum atomic E-state index is 12.3. The van der Waals surface area contributed by atoms with Crippen LogP contribution in [0.4, 0.5) is 11.5 Å². The number of carboxylic acid groups (broad SMARTS) is 1. The minimum atomic E-state index is -0.859. The Morgan fingerprint density at radius 3 is 2.46 bits per heavy atom. The van der Waals surface area contributed by atoms with Crippen molar-refractivity contribution < 1.29 is 19.4 Å². The van der Waals surface area contributed by atoms with Gasteiger partial charge in [-0.1, -0.05) is 32.9 Å². The number of aromatic amines is 1. The zero-order valence-electron chi connectivity index (χ0n) is 24.3. The van der Waals surface area contributed by atoms with Crippen LogP contribution in [0.15, 0.2) is 41.2 Å². The number of aliphatic carboxylic acids is 1. The number of nitrogens with zero attached hydrogens (tertiary/aromatic N) is 2. The molecule has 1 atom stereocenters. The molecule has 1 fully saturated rings. The number of hydrogen-bond donors (Lipinski definition) is 5. The first-order chi connectivity index (χ1) is 19.8. The highest BCUT2D eigenvalue weighted by molar-refractivity contribution is 5.76. The summed E-state index contributed by atoms with van der Waals surface area (Å²) in [7, 11) is 0. The van der Waals surface area contributed by atoms with Gasteiger partial charge < -0.3 is 30.7 Å². The van der Waals surface area contributed by atoms with Crippen molar-refractivity contribution in [1.82, 2.24) is 14.9 Å². The molecule has 0 aliphatic carbocycles. The van der Waals surface area contributed by atoms with E-state index < -0.39 is 17.4 Å². The summed E-state index contributed by atoms with van der Waals surface area (Å²) in [4.78, 5) is 33.3. The number of ether oxygens (including phenoxy) is 2. The first-order valence-electron chi connectivity index (χ1n) is 14.2. The van der Waals surface area contributed by atoms with E-state index in [0.717, 1.165) is 36.3 Å². The number of hydrazine groups is 1. The molecule has 1 saturated heterocycles. The zero-order valence-corrected chi connectivity index (χ0v) is 24.3. The minimum Gasteiger partial charge on any atom is -0.493 e. The van der Waals surface area contributed by atoms with Crippen molar-refractivity contribution in [2.45, 2.75) is 47.0 Å². The zero-order chi connectivity index (χ0) is 29.9. The monoisotopic (exact) mass is 566 g/mol. The highest BCUT2D eigenvalue weighted by Crippen LogP contribution is 2.35. The van der Waals surface area contributed by atoms with Crippen LogP contribution in [0.2, 0.25) is 0 Å². The van der Waals surface area contributed by atoms with Crippen molar-refractivity contribution in [2.75, 3.05) is 44.0 Å². The van der Waals surface area contributed by atoms with Crippen molar-refractivity contribution in [2.24, 2.45) is 11.8 Å². The highest BCUT2D eigenvalue weighted by Gasteiger charge is 2.19. The third kappa shape index (κ3) is 7.99. The van der Waals surface area contributed by atoms with Crippen LogP contribution in [-0.2, 0) is 11.2 Å². The maximum absolute atomic E-state index is 12.3. The average Bonchev–Trinajstić information content (AvgIpc) is 3.50. The van der Waals surface area contributed by atoms with Gasteiger partial charge >= 0.3 is 5.97 Å². The Morgan fingerprint density at radius 2 is 1.80 bits per heavy atom. The number of benzene rings is 2. The molecule has 0 radical (unpaired) electrons. The number of H-pyrrole nitrogens is 1. The lowest BCUT2D eigenvalue weighted by atomic mass is 9.95. The number of nitrogen functional groups attached to an aromatic ring is 2. The summed E-state index contributed by atoms with van der Waals surface area (Å²) in [5.74, 6) is 5.58. The molecule has 0 spiro atoms. The van der Waals surface area contributed by atoms with Crippen LogP contribution in [-0.4, -0.2) is 58.8 Å². The fraction of sp³-hybridized carbons (Fsp3) is 0.433. The molecule has 41 heavy (non-hydrogen) atoms. The molecule has 2 aromatic carbocycles. The van der Waals surface area contributed by atoms with Crippen molar-refractivity contribution >= 4 is 17.5 Å². The standard InChI is InChI=1S/C28H36N6O5.C2H6/c1-3-38-23-16-19(6-8-21(23)25-31-26(33-30)24(29)27(35)32-25)18-7-9-22(20(15-18)14-17(2)28(36)37)39-13-12-34-10-4-5-11-34;1-2/h6-9,15-17H,3-5,10-14,29-30H2,1-2H3,(H,36,37)(H2,31,32,33,35);1-2H3. The molecule has 0 saturated carbocycles. The van der Waals surface area contributed by atoms with E-state index in [0.29, 0.717) is 36.7 Å². The van der Waals surface area contributed by atoms with Gasteiger partial charge in [-0.05, 0) is 80.2 Å². The molecular formula is C30H42N6O5. The minimum absolute atomic E-state index is 0.0674. The number of carbonyl (C=O) groups is 1. The van der Waals surface area contributed by atoms with Gasteiger partial charge in [0.1, 0.15) is 29.6 Å². The van der Waals surface area contributed by atoms with E-state index in [9.17, 15) is 14.7 Å². The molecule has 11 nitrogen and oxygen atoms in total. The van der Waals surface area contributed by atoms with Crippen LogP contribution in [0.25, 0.3) is 22.5 Å². The van der Waals surface area contributed by atoms with Gasteiger partial charge in [-0.25, -0.2) is 10.8 Å². The van der Waals surface area contributed by atoms with Crippen molar-refractivity contribution in [3.05, 3.63) is 52.3 Å². The number of likely N-dealkylation sites (tertiary alicyclic amines) is 1. The SMILES string of the molecule is CC.CCOc1cc(-c2ccc(OCCN3CCCC3)c(CC(C)C(=O)O)c2)ccc1-c1nc(NN)c(N)c(=O)[nH]1. The van der Waals surface area contributed by atoms with E-state index in [1.165, 1.54) is 12.8 Å². The molecular weight excluding hydrogens is 524 g/mol. The Labute approximate surface area is 240 Å². The van der Waals surface area contributed by atoms with Crippen LogP contribution >= 0.6 is 0 Å². The predicted octanol–water partition coefficient (Wildman–Crippen LogP) is 4.13. The molecule has 7 N–H and O–H groups in total. The third-order valence-electron chi connectivity index (χ3n) is 6.83. The molecule has 1 aliphatic rings. The summed E-state index contributed by atoms with van der Waals surface area (Å²) in [6, 6.07) is 11.4. The topological polar surface area (TPSA) is 169 Å². The molecule has 1 aliphatic heterocycles. The van der Waals surface area contributed by atoms with Gasteiger partial charge in [0.25, 0.3) is 5.56 Å². The molecule has 1 aromatic heterocycles. The largest absolute Gasteiger partial charge is 0.493 e. The van der Waals surface area contributed by atoms with E-state index in [1.54, 1.807) is 13.0 Å². The number of hydrogen-bond acceptors (Lipinski definition) is 9. The number of aromatic nitrogens is 2. The third-order valence-corrected chi connectivity index (χ3v) is 6.83. The molecule has 0 bridgehead atoms. The normalized spacial score (nSPS) is 13.7. The second kappa shape index (κ2) is 15.1. The van der Waals surface area contributed by atoms with Gasteiger partial charge in [0.05, 0.1) is 18.1 Å². The lowest BCUT2D eigenvalue weighted by Crippen LogP contribution is -2.25. The number of nitrogens with two attached hydrogens (primary N) is 2. The van der Waals surface area contributed by atoms with Crippen molar-refractivity contribution in [3.8, 4) is 34.0 Å². The van der Waals surface area contributed by atoms with Crippen LogP contribution in [0.1, 0.15) is 46.1 Å². The van der Waals surface area contributed by atoms with E-state index in [4.69, 9.17) is 21.1 Å². The van der Waals surface area contributed by atoms with Gasteiger partial charge in [-0.2, -0.15) is 0 Å². The summed E-state index contributed by atoms with van der Waals surface area (Å²) in [6.07, 6.45) is 2.77. The van der Waals surface area contributed by atoms with E-state index in [1.807, 2.05) is 51.1 Å². The van der Waals surface area contributed by atoms with Gasteiger partial charge in [-0.15, -0.1) is 0 Å². The number of anilines is 2. The summed E-state index contributed by atoms with van der Waals surface area (Å²) in [6.45, 7) is 11.5. The molecule has 1 unspecified atom stereocenters. The number of carboxylic acids is 1. The van der Waals surface area contributed by atoms with E-state index in [-0.39, 0.29) is 17.3 Å². The second-order valence-electron chi connectivity index (χ2n) is 9.63.